The van der Waals surface area contributed by atoms with Gasteiger partial charge in [-0.2, -0.15) is 9.97 Å². The molecular weight excluding hydrogens is 391 g/mol. The molecular formula is C27H19BN4. The van der Waals surface area contributed by atoms with Crippen LogP contribution in [-0.4, -0.2) is 27.4 Å². The summed E-state index contributed by atoms with van der Waals surface area (Å²) in [6.45, 7) is 0. The normalized spacial score (nSPS) is 11.2. The van der Waals surface area contributed by atoms with E-state index >= 15 is 0 Å². The van der Waals surface area contributed by atoms with Crippen LogP contribution in [0.5, 0.6) is 0 Å². The van der Waals surface area contributed by atoms with Crippen molar-refractivity contribution >= 4 is 35.1 Å². The van der Waals surface area contributed by atoms with E-state index < -0.39 is 0 Å². The molecule has 4 nitrogen and oxygen atoms in total. The highest BCUT2D eigenvalue weighted by Crippen LogP contribution is 2.31. The van der Waals surface area contributed by atoms with Gasteiger partial charge in [0.1, 0.15) is 7.85 Å². The van der Waals surface area contributed by atoms with Crippen molar-refractivity contribution in [1.82, 2.24) is 19.5 Å². The van der Waals surface area contributed by atoms with Crippen LogP contribution in [0.1, 0.15) is 0 Å². The quantitative estimate of drug-likeness (QED) is 0.402. The Morgan fingerprint density at radius 3 is 1.75 bits per heavy atom. The average Bonchev–Trinajstić information content (AvgIpc) is 3.18. The maximum absolute atomic E-state index is 4.94. The fraction of sp³-hybridized carbons (Fsp3) is 0. The largest absolute Gasteiger partial charge is 0.278 e. The monoisotopic (exact) mass is 410 g/mol. The molecule has 2 heterocycles. The summed E-state index contributed by atoms with van der Waals surface area (Å²) in [5.74, 6) is 1.94. The summed E-state index contributed by atoms with van der Waals surface area (Å²) >= 11 is 0. The van der Waals surface area contributed by atoms with E-state index in [0.717, 1.165) is 22.2 Å². The number of aromatic nitrogens is 4. The molecule has 0 atom stereocenters. The van der Waals surface area contributed by atoms with Crippen LogP contribution in [0.4, 0.5) is 0 Å². The summed E-state index contributed by atoms with van der Waals surface area (Å²) in [7, 11) is 2.11. The van der Waals surface area contributed by atoms with E-state index in [4.69, 9.17) is 15.0 Å². The molecule has 0 radical (unpaired) electrons. The highest BCUT2D eigenvalue weighted by Gasteiger charge is 2.17. The molecule has 0 bridgehead atoms. The highest BCUT2D eigenvalue weighted by molar-refractivity contribution is 6.33. The smallest absolute Gasteiger partial charge is 0.238 e. The predicted octanol–water partition coefficient (Wildman–Crippen LogP) is 4.56. The summed E-state index contributed by atoms with van der Waals surface area (Å²) in [6, 6.07) is 35.1. The van der Waals surface area contributed by atoms with Gasteiger partial charge in [0.15, 0.2) is 11.6 Å². The van der Waals surface area contributed by atoms with Crippen molar-refractivity contribution in [3.05, 3.63) is 103 Å². The second-order valence-electron chi connectivity index (χ2n) is 7.89. The molecule has 0 saturated carbocycles. The van der Waals surface area contributed by atoms with E-state index in [1.165, 1.54) is 16.2 Å². The average molecular weight is 410 g/mol. The van der Waals surface area contributed by atoms with Crippen molar-refractivity contribution in [2.45, 2.75) is 0 Å². The van der Waals surface area contributed by atoms with E-state index in [-0.39, 0.29) is 0 Å². The van der Waals surface area contributed by atoms with Gasteiger partial charge >= 0.3 is 0 Å². The Morgan fingerprint density at radius 1 is 0.531 bits per heavy atom. The van der Waals surface area contributed by atoms with Gasteiger partial charge in [-0.1, -0.05) is 96.5 Å². The van der Waals surface area contributed by atoms with Crippen LogP contribution < -0.4 is 5.46 Å². The van der Waals surface area contributed by atoms with Gasteiger partial charge in [-0.3, -0.25) is 4.57 Å². The van der Waals surface area contributed by atoms with Crippen LogP contribution in [-0.2, 0) is 0 Å². The van der Waals surface area contributed by atoms with E-state index in [1.54, 1.807) is 0 Å². The molecule has 4 aromatic carbocycles. The van der Waals surface area contributed by atoms with Crippen LogP contribution in [0.25, 0.3) is 50.5 Å². The third-order valence-electron chi connectivity index (χ3n) is 5.72. The summed E-state index contributed by atoms with van der Waals surface area (Å²) in [4.78, 5) is 14.7. The number of hydrogen-bond donors (Lipinski definition) is 0. The van der Waals surface area contributed by atoms with Crippen LogP contribution >= 0.6 is 0 Å². The Morgan fingerprint density at radius 2 is 1.09 bits per heavy atom. The SMILES string of the molecule is Bc1ccc2c3ccccc3n(-c3nc(-c4ccccc4)nc(-c4ccccc4)n3)c2c1. The van der Waals surface area contributed by atoms with Crippen molar-refractivity contribution < 1.29 is 0 Å². The van der Waals surface area contributed by atoms with Crippen molar-refractivity contribution in [1.29, 1.82) is 0 Å². The molecule has 0 amide bonds. The maximum Gasteiger partial charge on any atom is 0.238 e. The first-order chi connectivity index (χ1) is 15.8. The van der Waals surface area contributed by atoms with E-state index in [2.05, 4.69) is 54.9 Å². The first kappa shape index (κ1) is 18.5. The summed E-state index contributed by atoms with van der Waals surface area (Å²) in [6.07, 6.45) is 0. The first-order valence-corrected chi connectivity index (χ1v) is 10.6. The lowest BCUT2D eigenvalue weighted by atomic mass is 9.95. The Balaban J connectivity index is 1.70. The molecule has 0 aliphatic carbocycles. The van der Waals surface area contributed by atoms with E-state index in [9.17, 15) is 0 Å². The lowest BCUT2D eigenvalue weighted by Crippen LogP contribution is -2.08. The maximum atomic E-state index is 4.94. The molecule has 0 N–H and O–H groups in total. The van der Waals surface area contributed by atoms with Crippen LogP contribution in [0.3, 0.4) is 0 Å². The number of para-hydroxylation sites is 1. The zero-order valence-electron chi connectivity index (χ0n) is 17.6. The standard InChI is InChI=1S/C27H19BN4/c28-20-15-16-22-21-13-7-8-14-23(21)32(24(22)17-20)27-30-25(18-9-3-1-4-10-18)29-26(31-27)19-11-5-2-6-12-19/h1-17H,28H2. The zero-order valence-corrected chi connectivity index (χ0v) is 17.6. The van der Waals surface area contributed by atoms with Crippen molar-refractivity contribution in [3.8, 4) is 28.7 Å². The van der Waals surface area contributed by atoms with Gasteiger partial charge in [0.2, 0.25) is 5.95 Å². The summed E-state index contributed by atoms with van der Waals surface area (Å²) < 4.78 is 2.15. The van der Waals surface area contributed by atoms with Crippen LogP contribution in [0.2, 0.25) is 0 Å². The van der Waals surface area contributed by atoms with Gasteiger partial charge in [-0.05, 0) is 12.1 Å². The van der Waals surface area contributed by atoms with Gasteiger partial charge in [0.05, 0.1) is 11.0 Å². The van der Waals surface area contributed by atoms with Gasteiger partial charge in [0, 0.05) is 21.9 Å². The molecule has 0 aliphatic heterocycles. The Hall–Kier alpha value is -4.25. The molecule has 6 aromatic rings. The second-order valence-corrected chi connectivity index (χ2v) is 7.89. The molecule has 0 unspecified atom stereocenters. The highest BCUT2D eigenvalue weighted by atomic mass is 15.2. The minimum absolute atomic E-state index is 0.620. The second kappa shape index (κ2) is 7.47. The molecule has 0 fully saturated rings. The molecule has 32 heavy (non-hydrogen) atoms. The Kier molecular flexibility index (Phi) is 4.32. The number of benzene rings is 4. The molecule has 0 aliphatic rings. The van der Waals surface area contributed by atoms with E-state index in [0.29, 0.717) is 17.6 Å². The number of hydrogen-bond acceptors (Lipinski definition) is 3. The minimum atomic E-state index is 0.620. The molecule has 0 saturated heterocycles. The van der Waals surface area contributed by atoms with Gasteiger partial charge < -0.3 is 0 Å². The minimum Gasteiger partial charge on any atom is -0.278 e. The Labute approximate surface area is 186 Å². The summed E-state index contributed by atoms with van der Waals surface area (Å²) in [5, 5.41) is 2.37. The molecule has 2 aromatic heterocycles. The summed E-state index contributed by atoms with van der Waals surface area (Å²) in [5.41, 5.74) is 5.30. The van der Waals surface area contributed by atoms with Gasteiger partial charge in [0.25, 0.3) is 0 Å². The lowest BCUT2D eigenvalue weighted by Gasteiger charge is -2.11. The number of nitrogens with zero attached hydrogens (tertiary/aromatic N) is 4. The number of rotatable bonds is 3. The van der Waals surface area contributed by atoms with Crippen LogP contribution in [0.15, 0.2) is 103 Å². The topological polar surface area (TPSA) is 43.6 Å². The molecule has 0 spiro atoms. The fourth-order valence-corrected chi connectivity index (χ4v) is 4.19. The molecule has 6 rings (SSSR count). The van der Waals surface area contributed by atoms with Gasteiger partial charge in [-0.25, -0.2) is 4.98 Å². The van der Waals surface area contributed by atoms with E-state index in [1.807, 2.05) is 60.7 Å². The van der Waals surface area contributed by atoms with Gasteiger partial charge in [-0.15, -0.1) is 0 Å². The fourth-order valence-electron chi connectivity index (χ4n) is 4.19. The third kappa shape index (κ3) is 3.07. The molecule has 150 valence electrons. The molecule has 5 heteroatoms. The zero-order chi connectivity index (χ0) is 21.5. The van der Waals surface area contributed by atoms with Crippen molar-refractivity contribution in [3.63, 3.8) is 0 Å². The lowest BCUT2D eigenvalue weighted by molar-refractivity contribution is 0.953. The number of fused-ring (bicyclic) bond motifs is 3. The van der Waals surface area contributed by atoms with Crippen LogP contribution in [0, 0.1) is 0 Å². The van der Waals surface area contributed by atoms with Crippen molar-refractivity contribution in [2.24, 2.45) is 0 Å². The first-order valence-electron chi connectivity index (χ1n) is 10.6. The van der Waals surface area contributed by atoms with Crippen molar-refractivity contribution in [2.75, 3.05) is 0 Å². The predicted molar refractivity (Wildman–Crippen MR) is 133 cm³/mol. The third-order valence-corrected chi connectivity index (χ3v) is 5.72. The Bertz CT molecular complexity index is 1520.